The van der Waals surface area contributed by atoms with E-state index in [1.807, 2.05) is 0 Å². The van der Waals surface area contributed by atoms with Crippen LogP contribution >= 0.6 is 0 Å². The van der Waals surface area contributed by atoms with Gasteiger partial charge in [0, 0.05) is 73.6 Å². The highest BCUT2D eigenvalue weighted by Gasteiger charge is 2.65. The predicted octanol–water partition coefficient (Wildman–Crippen LogP) is 4.03. The molecule has 0 aromatic heterocycles. The Hall–Kier alpha value is -9.07. The van der Waals surface area contributed by atoms with Crippen molar-refractivity contribution in [3.63, 3.8) is 0 Å². The lowest BCUT2D eigenvalue weighted by Crippen LogP contribution is -2.65. The van der Waals surface area contributed by atoms with Crippen LogP contribution in [0.25, 0.3) is 18.2 Å². The number of hydrogen-bond acceptors (Lipinski definition) is 25. The van der Waals surface area contributed by atoms with Crippen molar-refractivity contribution in [1.82, 2.24) is 0 Å². The molecule has 0 bridgehead atoms. The second-order valence-electron chi connectivity index (χ2n) is 17.3. The summed E-state index contributed by atoms with van der Waals surface area (Å²) in [6.45, 7) is 5.81. The molecule has 0 aliphatic carbocycles. The van der Waals surface area contributed by atoms with Gasteiger partial charge in [-0.15, -0.1) is 0 Å². The van der Waals surface area contributed by atoms with Crippen LogP contribution in [0.4, 0.5) is 0 Å². The Morgan fingerprint density at radius 3 is 1.23 bits per heavy atom. The van der Waals surface area contributed by atoms with Crippen molar-refractivity contribution in [2.24, 2.45) is 0 Å². The highest BCUT2D eigenvalue weighted by atomic mass is 16.8. The Morgan fingerprint density at radius 2 is 0.800 bits per heavy atom. The molecule has 2 saturated heterocycles. The number of rotatable bonds is 22. The lowest BCUT2D eigenvalue weighted by molar-refractivity contribution is -0.384. The average molecular weight is 1120 g/mol. The molecule has 0 N–H and O–H groups in total. The van der Waals surface area contributed by atoms with Gasteiger partial charge in [0.15, 0.2) is 30.5 Å². The molecule has 2 heterocycles. The number of carbonyl (C=O) groups excluding carboxylic acids is 11. The molecule has 2 aliphatic rings. The van der Waals surface area contributed by atoms with Crippen LogP contribution in [0.3, 0.4) is 0 Å². The van der Waals surface area contributed by atoms with E-state index in [1.54, 1.807) is 0 Å². The van der Waals surface area contributed by atoms with Crippen LogP contribution in [-0.4, -0.2) is 140 Å². The van der Waals surface area contributed by atoms with E-state index in [4.69, 9.17) is 66.3 Å². The first-order valence-electron chi connectivity index (χ1n) is 24.2. The van der Waals surface area contributed by atoms with Crippen LogP contribution in [0.5, 0.6) is 17.2 Å². The van der Waals surface area contributed by atoms with Gasteiger partial charge < -0.3 is 66.3 Å². The third-order valence-electron chi connectivity index (χ3n) is 10.7. The Bertz CT molecular complexity index is 2850. The van der Waals surface area contributed by atoms with Gasteiger partial charge in [-0.1, -0.05) is 36.4 Å². The van der Waals surface area contributed by atoms with E-state index < -0.39 is 140 Å². The second kappa shape index (κ2) is 29.1. The SMILES string of the molecule is CC(=O)OC[C@H]1O[C@@H](O[C@]2(COC(=O)C=Cc3ccc(OC(C)=O)cc3)O[C@H](COC(=O)C=Cc3ccc(OC(C)=O)cc3)[C@@H](OC(C)=O)[C@H]2OC(=O)C=Cc2ccc(OC(C)=O)cc2)[C@@H](OC(C)=O)[C@@H](OC(C)=O)[C@@H]1OC(C)=O. The van der Waals surface area contributed by atoms with Crippen molar-refractivity contribution < 1.29 is 119 Å². The summed E-state index contributed by atoms with van der Waals surface area (Å²) in [5.74, 6) is -12.2. The molecule has 9 atom stereocenters. The van der Waals surface area contributed by atoms with Gasteiger partial charge in [-0.25, -0.2) is 14.4 Å². The van der Waals surface area contributed by atoms with Crippen molar-refractivity contribution in [3.8, 4) is 17.2 Å². The van der Waals surface area contributed by atoms with Gasteiger partial charge in [-0.05, 0) is 71.3 Å². The van der Waals surface area contributed by atoms with Gasteiger partial charge in [0.1, 0.15) is 49.3 Å². The summed E-state index contributed by atoms with van der Waals surface area (Å²) in [6.07, 6.45) is -8.25. The van der Waals surface area contributed by atoms with Crippen molar-refractivity contribution in [3.05, 3.63) is 108 Å². The molecule has 3 aromatic carbocycles. The molecule has 80 heavy (non-hydrogen) atoms. The number of esters is 11. The van der Waals surface area contributed by atoms with Crippen LogP contribution < -0.4 is 14.2 Å². The largest absolute Gasteiger partial charge is 0.463 e. The second-order valence-corrected chi connectivity index (χ2v) is 17.3. The third-order valence-corrected chi connectivity index (χ3v) is 10.7. The minimum Gasteiger partial charge on any atom is -0.463 e. The molecular weight excluding hydrogens is 1060 g/mol. The van der Waals surface area contributed by atoms with Crippen molar-refractivity contribution >= 4 is 83.9 Å². The molecule has 426 valence electrons. The van der Waals surface area contributed by atoms with Crippen LogP contribution in [0.1, 0.15) is 72.1 Å². The molecule has 3 aromatic rings. The van der Waals surface area contributed by atoms with Gasteiger partial charge in [0.05, 0.1) is 0 Å². The molecule has 25 nitrogen and oxygen atoms in total. The molecule has 2 fully saturated rings. The monoisotopic (exact) mass is 1120 g/mol. The summed E-state index contributed by atoms with van der Waals surface area (Å²) in [7, 11) is 0. The van der Waals surface area contributed by atoms with Crippen LogP contribution in [-0.2, 0) is 105 Å². The summed E-state index contributed by atoms with van der Waals surface area (Å²) in [5.41, 5.74) is 1.24. The fourth-order valence-electron chi connectivity index (χ4n) is 7.70. The van der Waals surface area contributed by atoms with Gasteiger partial charge in [-0.2, -0.15) is 0 Å². The number of carbonyl (C=O) groups is 11. The summed E-state index contributed by atoms with van der Waals surface area (Å²) in [4.78, 5) is 139. The first kappa shape index (κ1) is 61.8. The Kier molecular flexibility index (Phi) is 22.4. The van der Waals surface area contributed by atoms with E-state index >= 15 is 0 Å². The maximum absolute atomic E-state index is 14.1. The van der Waals surface area contributed by atoms with E-state index in [9.17, 15) is 52.7 Å². The van der Waals surface area contributed by atoms with Crippen LogP contribution in [0.2, 0.25) is 0 Å². The van der Waals surface area contributed by atoms with E-state index in [-0.39, 0.29) is 17.2 Å². The standard InChI is InChI=1S/C55H56O25/c1-30(56)67-27-44-49(73-34(5)60)51(75-36(7)62)52(76-37(8)63)54(77-44)80-55(29-69-47(65)25-16-39-11-20-42(21-12-39)71-32(3)58)53(78-48(66)26-17-40-13-22-43(23-14-40)72-33(4)59)50(74-35(6)61)45(79-55)28-68-46(64)24-15-38-9-18-41(19-10-38)70-31(2)57/h9-26,44-45,49-54H,27-29H2,1-8H3/t44-,45-,49-,50-,51+,52+,53-,54+,55+/m1/s1. The summed E-state index contributed by atoms with van der Waals surface area (Å²) in [6, 6.07) is 17.7. The van der Waals surface area contributed by atoms with E-state index in [0.717, 1.165) is 52.8 Å². The maximum atomic E-state index is 14.1. The Morgan fingerprint density at radius 1 is 0.412 bits per heavy atom. The zero-order chi connectivity index (χ0) is 58.7. The quantitative estimate of drug-likeness (QED) is 0.0593. The molecule has 0 radical (unpaired) electrons. The average Bonchev–Trinajstić information content (AvgIpc) is 3.69. The first-order chi connectivity index (χ1) is 37.9. The predicted molar refractivity (Wildman–Crippen MR) is 268 cm³/mol. The topological polar surface area (TPSA) is 317 Å². The fraction of sp³-hybridized carbons (Fsp3) is 0.364. The molecular formula is C55H56O25. The van der Waals surface area contributed by atoms with E-state index in [1.165, 1.54) is 112 Å². The van der Waals surface area contributed by atoms with Crippen LogP contribution in [0, 0.1) is 0 Å². The third kappa shape index (κ3) is 19.4. The number of hydrogen-bond donors (Lipinski definition) is 0. The van der Waals surface area contributed by atoms with Gasteiger partial charge >= 0.3 is 65.7 Å². The van der Waals surface area contributed by atoms with Crippen molar-refractivity contribution in [1.29, 1.82) is 0 Å². The minimum absolute atomic E-state index is 0.187. The lowest BCUT2D eigenvalue weighted by atomic mass is 9.97. The zero-order valence-electron chi connectivity index (χ0n) is 44.3. The van der Waals surface area contributed by atoms with E-state index in [2.05, 4.69) is 0 Å². The summed E-state index contributed by atoms with van der Waals surface area (Å²) < 4.78 is 79.3. The highest BCUT2D eigenvalue weighted by Crippen LogP contribution is 2.42. The normalized spacial score (nSPS) is 22.3. The fourth-order valence-corrected chi connectivity index (χ4v) is 7.70. The number of ether oxygens (including phenoxy) is 14. The van der Waals surface area contributed by atoms with Gasteiger partial charge in [-0.3, -0.25) is 38.4 Å². The van der Waals surface area contributed by atoms with Crippen molar-refractivity contribution in [2.45, 2.75) is 110 Å². The summed E-state index contributed by atoms with van der Waals surface area (Å²) in [5, 5.41) is 0. The first-order valence-corrected chi connectivity index (χ1v) is 24.2. The zero-order valence-corrected chi connectivity index (χ0v) is 44.3. The smallest absolute Gasteiger partial charge is 0.331 e. The highest BCUT2D eigenvalue weighted by molar-refractivity contribution is 5.88. The van der Waals surface area contributed by atoms with Gasteiger partial charge in [0.2, 0.25) is 12.1 Å². The minimum atomic E-state index is -2.84. The molecule has 5 rings (SSSR count). The molecule has 25 heteroatoms. The molecule has 0 saturated carbocycles. The van der Waals surface area contributed by atoms with Gasteiger partial charge in [0.25, 0.3) is 0 Å². The Balaban J connectivity index is 1.64. The Labute approximate surface area is 456 Å². The van der Waals surface area contributed by atoms with Crippen LogP contribution in [0.15, 0.2) is 91.0 Å². The van der Waals surface area contributed by atoms with Crippen molar-refractivity contribution in [2.75, 3.05) is 19.8 Å². The maximum Gasteiger partial charge on any atom is 0.331 e. The summed E-state index contributed by atoms with van der Waals surface area (Å²) >= 11 is 0. The lowest BCUT2D eigenvalue weighted by Gasteiger charge is -2.46. The van der Waals surface area contributed by atoms with E-state index in [0.29, 0.717) is 16.7 Å². The molecule has 2 aliphatic heterocycles. The molecule has 0 amide bonds. The molecule has 0 spiro atoms. The number of benzene rings is 3. The molecule has 0 unspecified atom stereocenters.